The van der Waals surface area contributed by atoms with E-state index in [0.717, 1.165) is 39.4 Å². The number of aromatic hydroxyl groups is 2. The molecule has 2 N–H and O–H groups in total. The molecule has 0 fully saturated rings. The summed E-state index contributed by atoms with van der Waals surface area (Å²) in [5.41, 5.74) is 6.53. The molecule has 45 heavy (non-hydrogen) atoms. The third-order valence-electron chi connectivity index (χ3n) is 8.90. The van der Waals surface area contributed by atoms with Gasteiger partial charge in [0.05, 0.1) is 16.8 Å². The largest absolute Gasteiger partial charge is 0.507 e. The van der Waals surface area contributed by atoms with Gasteiger partial charge in [-0.3, -0.25) is 0 Å². The number of phenols is 2. The van der Waals surface area contributed by atoms with Crippen LogP contribution in [0.15, 0.2) is 72.9 Å². The topological polar surface area (TPSA) is 84.1 Å². The standard InChI is InChI=1S/C30H28N4O2.C9H20/c1-18-12-14-23(26(35)20(18)3)28-31-29(24-15-13-19(2)21(4)27(24)36)33-30(32-28)25-11-8-16-34(25)17-22-9-6-5-7-10-22;1-4-7-8-9(5-2)6-3/h5-16,35-36H,17H2,1-4H3;9H,4-8H2,1-3H3. The Hall–Kier alpha value is -4.45. The first-order chi connectivity index (χ1) is 21.7. The van der Waals surface area contributed by atoms with E-state index in [0.29, 0.717) is 35.1 Å². The first-order valence-electron chi connectivity index (χ1n) is 16.2. The van der Waals surface area contributed by atoms with E-state index in [2.05, 4.69) is 37.5 Å². The van der Waals surface area contributed by atoms with Gasteiger partial charge in [0.15, 0.2) is 17.5 Å². The third kappa shape index (κ3) is 7.99. The van der Waals surface area contributed by atoms with E-state index in [9.17, 15) is 10.2 Å². The molecule has 2 heterocycles. The summed E-state index contributed by atoms with van der Waals surface area (Å²) >= 11 is 0. The highest BCUT2D eigenvalue weighted by atomic mass is 16.3. The fourth-order valence-corrected chi connectivity index (χ4v) is 5.42. The molecule has 0 aliphatic heterocycles. The van der Waals surface area contributed by atoms with Crippen molar-refractivity contribution >= 4 is 0 Å². The van der Waals surface area contributed by atoms with Crippen molar-refractivity contribution in [1.29, 1.82) is 0 Å². The average molecular weight is 605 g/mol. The maximum atomic E-state index is 10.9. The van der Waals surface area contributed by atoms with Crippen LogP contribution in [0.25, 0.3) is 34.3 Å². The second-order valence-electron chi connectivity index (χ2n) is 11.9. The van der Waals surface area contributed by atoms with Gasteiger partial charge in [0.1, 0.15) is 11.5 Å². The first-order valence-corrected chi connectivity index (χ1v) is 16.2. The molecular formula is C39H48N4O2. The van der Waals surface area contributed by atoms with Crippen molar-refractivity contribution in [1.82, 2.24) is 19.5 Å². The summed E-state index contributed by atoms with van der Waals surface area (Å²) in [6.07, 6.45) is 8.96. The van der Waals surface area contributed by atoms with Gasteiger partial charge in [0.2, 0.25) is 0 Å². The summed E-state index contributed by atoms with van der Waals surface area (Å²) in [7, 11) is 0. The quantitative estimate of drug-likeness (QED) is 0.166. The highest BCUT2D eigenvalue weighted by molar-refractivity contribution is 5.73. The van der Waals surface area contributed by atoms with Crippen LogP contribution in [0.1, 0.15) is 80.7 Å². The van der Waals surface area contributed by atoms with Crippen LogP contribution in [0.4, 0.5) is 0 Å². The highest BCUT2D eigenvalue weighted by Crippen LogP contribution is 2.36. The normalized spacial score (nSPS) is 11.0. The summed E-state index contributed by atoms with van der Waals surface area (Å²) in [6.45, 7) is 15.2. The van der Waals surface area contributed by atoms with Gasteiger partial charge in [-0.2, -0.15) is 0 Å². The molecule has 0 bridgehead atoms. The molecule has 0 radical (unpaired) electrons. The van der Waals surface area contributed by atoms with Gasteiger partial charge in [-0.1, -0.05) is 95.3 Å². The van der Waals surface area contributed by atoms with Crippen molar-refractivity contribution in [3.63, 3.8) is 0 Å². The zero-order chi connectivity index (χ0) is 32.5. The molecule has 236 valence electrons. The molecule has 0 atom stereocenters. The molecule has 3 aromatic carbocycles. The lowest BCUT2D eigenvalue weighted by molar-refractivity contribution is 0.438. The second-order valence-corrected chi connectivity index (χ2v) is 11.9. The SMILES string of the molecule is CCCCC(CC)CC.Cc1ccc(-c2nc(-c3ccc(C)c(C)c3O)nc(-c3cccn3Cc3ccccc3)n2)c(O)c1C. The van der Waals surface area contributed by atoms with Gasteiger partial charge in [0.25, 0.3) is 0 Å². The van der Waals surface area contributed by atoms with Crippen molar-refractivity contribution in [2.24, 2.45) is 5.92 Å². The molecular weight excluding hydrogens is 556 g/mol. The maximum absolute atomic E-state index is 10.9. The van der Waals surface area contributed by atoms with Crippen molar-refractivity contribution in [3.05, 3.63) is 101 Å². The number of hydrogen-bond donors (Lipinski definition) is 2. The highest BCUT2D eigenvalue weighted by Gasteiger charge is 2.20. The summed E-state index contributed by atoms with van der Waals surface area (Å²) in [5.74, 6) is 2.45. The van der Waals surface area contributed by atoms with Crippen LogP contribution in [-0.2, 0) is 6.54 Å². The van der Waals surface area contributed by atoms with Crippen LogP contribution in [0.5, 0.6) is 11.5 Å². The van der Waals surface area contributed by atoms with E-state index in [1.807, 2.05) is 88.5 Å². The van der Waals surface area contributed by atoms with E-state index >= 15 is 0 Å². The Bertz CT molecular complexity index is 1630. The fourth-order valence-electron chi connectivity index (χ4n) is 5.42. The minimum atomic E-state index is 0.141. The lowest BCUT2D eigenvalue weighted by Gasteiger charge is -2.14. The van der Waals surface area contributed by atoms with E-state index in [1.165, 1.54) is 32.1 Å². The van der Waals surface area contributed by atoms with E-state index in [1.54, 1.807) is 0 Å². The van der Waals surface area contributed by atoms with E-state index < -0.39 is 0 Å². The second kappa shape index (κ2) is 15.5. The minimum absolute atomic E-state index is 0.141. The molecule has 0 unspecified atom stereocenters. The molecule has 5 aromatic rings. The van der Waals surface area contributed by atoms with Crippen molar-refractivity contribution in [2.75, 3.05) is 0 Å². The predicted molar refractivity (Wildman–Crippen MR) is 186 cm³/mol. The van der Waals surface area contributed by atoms with Crippen LogP contribution in [0.2, 0.25) is 0 Å². The van der Waals surface area contributed by atoms with Crippen molar-refractivity contribution < 1.29 is 10.2 Å². The zero-order valence-corrected chi connectivity index (χ0v) is 27.9. The van der Waals surface area contributed by atoms with Gasteiger partial charge in [-0.25, -0.2) is 15.0 Å². The van der Waals surface area contributed by atoms with Gasteiger partial charge in [-0.15, -0.1) is 0 Å². The predicted octanol–water partition coefficient (Wildman–Crippen LogP) is 9.98. The average Bonchev–Trinajstić information content (AvgIpc) is 3.52. The maximum Gasteiger partial charge on any atom is 0.180 e. The van der Waals surface area contributed by atoms with Gasteiger partial charge < -0.3 is 14.8 Å². The molecule has 0 saturated heterocycles. The monoisotopic (exact) mass is 604 g/mol. The molecule has 6 nitrogen and oxygen atoms in total. The molecule has 0 saturated carbocycles. The van der Waals surface area contributed by atoms with Gasteiger partial charge in [-0.05, 0) is 85.7 Å². The first kappa shape index (κ1) is 33.4. The Balaban J connectivity index is 0.000000448. The number of unbranched alkanes of at least 4 members (excludes halogenated alkanes) is 1. The molecule has 0 amide bonds. The molecule has 0 spiro atoms. The Morgan fingerprint density at radius 2 is 1.18 bits per heavy atom. The molecule has 6 heteroatoms. The summed E-state index contributed by atoms with van der Waals surface area (Å²) in [5, 5.41) is 21.9. The zero-order valence-electron chi connectivity index (χ0n) is 27.9. The number of phenolic OH excluding ortho intramolecular Hbond substituents is 2. The summed E-state index contributed by atoms with van der Waals surface area (Å²) in [4.78, 5) is 14.3. The van der Waals surface area contributed by atoms with E-state index in [4.69, 9.17) is 15.0 Å². The van der Waals surface area contributed by atoms with E-state index in [-0.39, 0.29) is 11.5 Å². The Kier molecular flexibility index (Phi) is 11.5. The number of rotatable bonds is 10. The molecule has 2 aromatic heterocycles. The fraction of sp³-hybridized carbons (Fsp3) is 0.359. The van der Waals surface area contributed by atoms with Crippen molar-refractivity contribution in [3.8, 4) is 45.8 Å². The van der Waals surface area contributed by atoms with Crippen LogP contribution in [-0.4, -0.2) is 29.7 Å². The van der Waals surface area contributed by atoms with Gasteiger partial charge in [0, 0.05) is 12.7 Å². The number of nitrogens with zero attached hydrogens (tertiary/aromatic N) is 4. The Morgan fingerprint density at radius 3 is 1.69 bits per heavy atom. The van der Waals surface area contributed by atoms with Gasteiger partial charge >= 0.3 is 0 Å². The molecule has 0 aliphatic rings. The smallest absolute Gasteiger partial charge is 0.180 e. The van der Waals surface area contributed by atoms with Crippen LogP contribution < -0.4 is 0 Å². The number of hydrogen-bond acceptors (Lipinski definition) is 5. The van der Waals surface area contributed by atoms with Crippen LogP contribution in [0, 0.1) is 33.6 Å². The number of benzene rings is 3. The Labute approximate surface area is 268 Å². The molecule has 0 aliphatic carbocycles. The number of aromatic nitrogens is 4. The minimum Gasteiger partial charge on any atom is -0.507 e. The molecule has 5 rings (SSSR count). The number of aryl methyl sites for hydroxylation is 2. The van der Waals surface area contributed by atoms with Crippen molar-refractivity contribution in [2.45, 2.75) is 87.1 Å². The lowest BCUT2D eigenvalue weighted by Crippen LogP contribution is -2.06. The van der Waals surface area contributed by atoms with Crippen LogP contribution >= 0.6 is 0 Å². The lowest BCUT2D eigenvalue weighted by atomic mass is 9.97. The summed E-state index contributed by atoms with van der Waals surface area (Å²) < 4.78 is 2.08. The Morgan fingerprint density at radius 1 is 0.644 bits per heavy atom. The van der Waals surface area contributed by atoms with Crippen LogP contribution in [0.3, 0.4) is 0 Å². The summed E-state index contributed by atoms with van der Waals surface area (Å²) in [6, 6.07) is 21.6. The third-order valence-corrected chi connectivity index (χ3v) is 8.90.